The summed E-state index contributed by atoms with van der Waals surface area (Å²) in [6.07, 6.45) is 2.32. The topological polar surface area (TPSA) is 48.3 Å². The Bertz CT molecular complexity index is 1030. The number of ketones is 1. The molecule has 0 aliphatic heterocycles. The number of ether oxygens (including phenoxy) is 1. The van der Waals surface area contributed by atoms with Crippen LogP contribution in [0.5, 0.6) is 0 Å². The maximum absolute atomic E-state index is 12.7. The van der Waals surface area contributed by atoms with Crippen LogP contribution in [0.15, 0.2) is 60.7 Å². The average molecular weight is 373 g/mol. The van der Waals surface area contributed by atoms with Gasteiger partial charge in [-0.25, -0.2) is 4.79 Å². The van der Waals surface area contributed by atoms with Crippen LogP contribution in [-0.2, 0) is 4.74 Å². The summed E-state index contributed by atoms with van der Waals surface area (Å²) in [5.74, 6) is -0.644. The zero-order valence-electron chi connectivity index (χ0n) is 16.1. The number of benzene rings is 2. The third-order valence-corrected chi connectivity index (χ3v) is 5.26. The Balaban J connectivity index is 1.50. The van der Waals surface area contributed by atoms with Crippen molar-refractivity contribution in [2.24, 2.45) is 0 Å². The van der Waals surface area contributed by atoms with E-state index in [-0.39, 0.29) is 12.4 Å². The Hall–Kier alpha value is -3.14. The molecule has 0 unspecified atom stereocenters. The zero-order chi connectivity index (χ0) is 19.7. The lowest BCUT2D eigenvalue weighted by molar-refractivity contribution is 0.0475. The second kappa shape index (κ2) is 7.47. The number of rotatable bonds is 6. The van der Waals surface area contributed by atoms with Crippen molar-refractivity contribution < 1.29 is 14.3 Å². The van der Waals surface area contributed by atoms with Crippen molar-refractivity contribution >= 4 is 11.8 Å². The molecule has 3 aromatic rings. The van der Waals surface area contributed by atoms with Gasteiger partial charge in [0.25, 0.3) is 0 Å². The fraction of sp³-hybridized carbons (Fsp3) is 0.250. The van der Waals surface area contributed by atoms with E-state index in [0.717, 1.165) is 35.4 Å². The molecule has 0 spiro atoms. The van der Waals surface area contributed by atoms with Crippen molar-refractivity contribution in [1.82, 2.24) is 4.57 Å². The minimum atomic E-state index is -0.483. The maximum atomic E-state index is 12.7. The van der Waals surface area contributed by atoms with Crippen molar-refractivity contribution in [2.75, 3.05) is 6.61 Å². The first-order chi connectivity index (χ1) is 13.6. The monoisotopic (exact) mass is 373 g/mol. The lowest BCUT2D eigenvalue weighted by atomic mass is 10.00. The van der Waals surface area contributed by atoms with Crippen LogP contribution in [0.3, 0.4) is 0 Å². The van der Waals surface area contributed by atoms with Crippen LogP contribution < -0.4 is 0 Å². The van der Waals surface area contributed by atoms with Gasteiger partial charge >= 0.3 is 5.97 Å². The summed E-state index contributed by atoms with van der Waals surface area (Å²) in [4.78, 5) is 25.3. The van der Waals surface area contributed by atoms with Gasteiger partial charge in [-0.1, -0.05) is 48.5 Å². The average Bonchev–Trinajstić information content (AvgIpc) is 3.51. The normalized spacial score (nSPS) is 13.4. The van der Waals surface area contributed by atoms with E-state index in [1.54, 1.807) is 12.1 Å². The van der Waals surface area contributed by atoms with E-state index >= 15 is 0 Å². The number of Topliss-reactive ketones (excluding diaryl/α,β-unsaturated/α-hetero) is 1. The quantitative estimate of drug-likeness (QED) is 0.444. The zero-order valence-corrected chi connectivity index (χ0v) is 16.1. The number of aryl methyl sites for hydroxylation is 1. The van der Waals surface area contributed by atoms with Crippen LogP contribution in [-0.4, -0.2) is 22.9 Å². The van der Waals surface area contributed by atoms with Gasteiger partial charge in [0.2, 0.25) is 5.78 Å². The minimum Gasteiger partial charge on any atom is -0.454 e. The second-order valence-electron chi connectivity index (χ2n) is 7.30. The van der Waals surface area contributed by atoms with Crippen molar-refractivity contribution in [2.45, 2.75) is 32.7 Å². The minimum absolute atomic E-state index is 0.162. The van der Waals surface area contributed by atoms with Gasteiger partial charge in [0, 0.05) is 23.0 Å². The first-order valence-corrected chi connectivity index (χ1v) is 9.59. The molecular formula is C24H23NO3. The van der Waals surface area contributed by atoms with E-state index in [0.29, 0.717) is 17.2 Å². The summed E-state index contributed by atoms with van der Waals surface area (Å²) < 4.78 is 7.61. The third kappa shape index (κ3) is 3.50. The summed E-state index contributed by atoms with van der Waals surface area (Å²) >= 11 is 0. The van der Waals surface area contributed by atoms with E-state index in [9.17, 15) is 9.59 Å². The standard InChI is InChI=1S/C24H23NO3/c1-16-14-22(17(2)25(16)19-12-13-19)23(26)15-28-24(27)21-11-7-6-10-20(21)18-8-4-3-5-9-18/h3-11,14,19H,12-13,15H2,1-2H3. The molecule has 0 saturated heterocycles. The van der Waals surface area contributed by atoms with Crippen LogP contribution in [0, 0.1) is 13.8 Å². The van der Waals surface area contributed by atoms with Crippen LogP contribution in [0.25, 0.3) is 11.1 Å². The molecule has 0 N–H and O–H groups in total. The van der Waals surface area contributed by atoms with Gasteiger partial charge in [-0.2, -0.15) is 0 Å². The lowest BCUT2D eigenvalue weighted by Crippen LogP contribution is -2.15. The number of nitrogens with zero attached hydrogens (tertiary/aromatic N) is 1. The Morgan fingerprint density at radius 3 is 2.36 bits per heavy atom. The van der Waals surface area contributed by atoms with Gasteiger partial charge in [0.05, 0.1) is 5.56 Å². The first-order valence-electron chi connectivity index (χ1n) is 9.59. The number of carbonyl (C=O) groups excluding carboxylic acids is 2. The molecule has 1 saturated carbocycles. The Morgan fingerprint density at radius 2 is 1.64 bits per heavy atom. The van der Waals surface area contributed by atoms with E-state index in [4.69, 9.17) is 4.74 Å². The van der Waals surface area contributed by atoms with Crippen molar-refractivity contribution in [3.8, 4) is 11.1 Å². The molecular weight excluding hydrogens is 350 g/mol. The van der Waals surface area contributed by atoms with Crippen LogP contribution in [0.2, 0.25) is 0 Å². The summed E-state index contributed by atoms with van der Waals surface area (Å²) in [5.41, 5.74) is 4.90. The molecule has 0 radical (unpaired) electrons. The van der Waals surface area contributed by atoms with Gasteiger partial charge in [0.1, 0.15) is 0 Å². The smallest absolute Gasteiger partial charge is 0.339 e. The highest BCUT2D eigenvalue weighted by Gasteiger charge is 2.28. The van der Waals surface area contributed by atoms with Gasteiger partial charge in [-0.3, -0.25) is 4.79 Å². The van der Waals surface area contributed by atoms with Gasteiger partial charge < -0.3 is 9.30 Å². The molecule has 4 nitrogen and oxygen atoms in total. The molecule has 1 heterocycles. The number of hydrogen-bond donors (Lipinski definition) is 0. The molecule has 0 bridgehead atoms. The predicted octanol–water partition coefficient (Wildman–Crippen LogP) is 5.15. The molecule has 0 amide bonds. The fourth-order valence-corrected chi connectivity index (χ4v) is 3.77. The molecule has 1 aromatic heterocycles. The predicted molar refractivity (Wildman–Crippen MR) is 109 cm³/mol. The number of esters is 1. The van der Waals surface area contributed by atoms with E-state index in [1.165, 1.54) is 0 Å². The molecule has 2 aromatic carbocycles. The molecule has 4 rings (SSSR count). The van der Waals surface area contributed by atoms with Crippen molar-refractivity contribution in [1.29, 1.82) is 0 Å². The number of aromatic nitrogens is 1. The fourth-order valence-electron chi connectivity index (χ4n) is 3.77. The van der Waals surface area contributed by atoms with E-state index < -0.39 is 5.97 Å². The number of hydrogen-bond acceptors (Lipinski definition) is 3. The Labute approximate surface area is 164 Å². The van der Waals surface area contributed by atoms with E-state index in [1.807, 2.05) is 62.4 Å². The Kier molecular flexibility index (Phi) is 4.86. The molecule has 1 aliphatic carbocycles. The van der Waals surface area contributed by atoms with Crippen LogP contribution in [0.4, 0.5) is 0 Å². The summed E-state index contributed by atoms with van der Waals surface area (Å²) in [7, 11) is 0. The maximum Gasteiger partial charge on any atom is 0.339 e. The summed E-state index contributed by atoms with van der Waals surface area (Å²) in [6.45, 7) is 3.73. The molecule has 4 heteroatoms. The third-order valence-electron chi connectivity index (χ3n) is 5.26. The second-order valence-corrected chi connectivity index (χ2v) is 7.30. The largest absolute Gasteiger partial charge is 0.454 e. The molecule has 1 aliphatic rings. The molecule has 0 atom stereocenters. The first kappa shape index (κ1) is 18.2. The lowest BCUT2D eigenvalue weighted by Gasteiger charge is -2.10. The van der Waals surface area contributed by atoms with Gasteiger partial charge in [-0.15, -0.1) is 0 Å². The van der Waals surface area contributed by atoms with Crippen LogP contribution >= 0.6 is 0 Å². The summed E-state index contributed by atoms with van der Waals surface area (Å²) in [6, 6.07) is 19.4. The summed E-state index contributed by atoms with van der Waals surface area (Å²) in [5, 5.41) is 0. The molecule has 28 heavy (non-hydrogen) atoms. The van der Waals surface area contributed by atoms with Crippen molar-refractivity contribution in [3.63, 3.8) is 0 Å². The highest BCUT2D eigenvalue weighted by atomic mass is 16.5. The van der Waals surface area contributed by atoms with Crippen LogP contribution in [0.1, 0.15) is 51.0 Å². The van der Waals surface area contributed by atoms with Gasteiger partial charge in [-0.05, 0) is 49.9 Å². The van der Waals surface area contributed by atoms with Crippen molar-refractivity contribution in [3.05, 3.63) is 83.2 Å². The van der Waals surface area contributed by atoms with Gasteiger partial charge in [0.15, 0.2) is 6.61 Å². The highest BCUT2D eigenvalue weighted by Crippen LogP contribution is 2.38. The van der Waals surface area contributed by atoms with E-state index in [2.05, 4.69) is 4.57 Å². The highest BCUT2D eigenvalue weighted by molar-refractivity contribution is 6.02. The number of carbonyl (C=O) groups is 2. The Morgan fingerprint density at radius 1 is 0.964 bits per heavy atom. The SMILES string of the molecule is Cc1cc(C(=O)COC(=O)c2ccccc2-c2ccccc2)c(C)n1C1CC1. The molecule has 1 fully saturated rings. The molecule has 142 valence electrons.